The van der Waals surface area contributed by atoms with Crippen LogP contribution in [0.4, 0.5) is 5.69 Å². The summed E-state index contributed by atoms with van der Waals surface area (Å²) in [5.74, 6) is 0. The fourth-order valence-electron chi connectivity index (χ4n) is 3.44. The van der Waals surface area contributed by atoms with Crippen LogP contribution in [0.2, 0.25) is 5.02 Å². The monoisotopic (exact) mass is 370 g/mol. The van der Waals surface area contributed by atoms with Gasteiger partial charge in [-0.25, -0.2) is 4.98 Å². The minimum absolute atomic E-state index is 0.158. The van der Waals surface area contributed by atoms with Gasteiger partial charge in [0.25, 0.3) is 5.56 Å². The van der Waals surface area contributed by atoms with Gasteiger partial charge in [-0.1, -0.05) is 11.6 Å². The third-order valence-corrected chi connectivity index (χ3v) is 5.19. The number of fused-ring (bicyclic) bond motifs is 1. The highest BCUT2D eigenvalue weighted by Gasteiger charge is 2.33. The van der Waals surface area contributed by atoms with Crippen molar-refractivity contribution in [2.75, 3.05) is 18.0 Å². The molecule has 1 saturated heterocycles. The lowest BCUT2D eigenvalue weighted by atomic mass is 9.91. The summed E-state index contributed by atoms with van der Waals surface area (Å²) in [6, 6.07) is 8.95. The smallest absolute Gasteiger partial charge is 0.261 e. The third kappa shape index (κ3) is 3.30. The van der Waals surface area contributed by atoms with Crippen LogP contribution < -0.4 is 10.5 Å². The van der Waals surface area contributed by atoms with Gasteiger partial charge in [0.1, 0.15) is 0 Å². The van der Waals surface area contributed by atoms with Crippen molar-refractivity contribution >= 4 is 28.2 Å². The molecule has 0 saturated carbocycles. The van der Waals surface area contributed by atoms with Crippen molar-refractivity contribution in [2.45, 2.75) is 25.0 Å². The zero-order valence-corrected chi connectivity index (χ0v) is 14.9. The number of aromatic nitrogens is 3. The Kier molecular flexibility index (Phi) is 4.38. The molecule has 7 heteroatoms. The van der Waals surface area contributed by atoms with Crippen molar-refractivity contribution in [1.29, 1.82) is 0 Å². The number of halogens is 1. The second-order valence-electron chi connectivity index (χ2n) is 6.76. The maximum absolute atomic E-state index is 12.7. The van der Waals surface area contributed by atoms with Gasteiger partial charge >= 0.3 is 0 Å². The normalized spacial score (nSPS) is 16.8. The van der Waals surface area contributed by atoms with E-state index in [1.807, 2.05) is 18.3 Å². The van der Waals surface area contributed by atoms with Crippen LogP contribution in [0.15, 0.2) is 53.8 Å². The Morgan fingerprint density at radius 3 is 2.77 bits per heavy atom. The Bertz CT molecular complexity index is 982. The summed E-state index contributed by atoms with van der Waals surface area (Å²) in [4.78, 5) is 23.3. The first-order valence-corrected chi connectivity index (χ1v) is 8.94. The molecule has 26 heavy (non-hydrogen) atoms. The highest BCUT2D eigenvalue weighted by Crippen LogP contribution is 2.27. The predicted octanol–water partition coefficient (Wildman–Crippen LogP) is 2.48. The van der Waals surface area contributed by atoms with Crippen molar-refractivity contribution in [3.8, 4) is 0 Å². The van der Waals surface area contributed by atoms with Gasteiger partial charge in [-0.2, -0.15) is 0 Å². The van der Waals surface area contributed by atoms with Gasteiger partial charge in [-0.3, -0.25) is 14.3 Å². The van der Waals surface area contributed by atoms with E-state index in [1.54, 1.807) is 24.4 Å². The molecule has 0 spiro atoms. The lowest BCUT2D eigenvalue weighted by molar-refractivity contribution is -0.00101. The van der Waals surface area contributed by atoms with Gasteiger partial charge in [0.2, 0.25) is 0 Å². The molecule has 0 unspecified atom stereocenters. The van der Waals surface area contributed by atoms with E-state index in [2.05, 4.69) is 14.9 Å². The van der Waals surface area contributed by atoms with Gasteiger partial charge < -0.3 is 10.0 Å². The molecule has 1 aromatic carbocycles. The molecule has 1 fully saturated rings. The van der Waals surface area contributed by atoms with Gasteiger partial charge in [0.15, 0.2) is 0 Å². The zero-order chi connectivity index (χ0) is 18.1. The fraction of sp³-hybridized carbons (Fsp3) is 0.316. The number of benzene rings is 1. The maximum Gasteiger partial charge on any atom is 0.261 e. The van der Waals surface area contributed by atoms with Gasteiger partial charge in [0.05, 0.1) is 41.3 Å². The van der Waals surface area contributed by atoms with Crippen molar-refractivity contribution in [3.63, 3.8) is 0 Å². The van der Waals surface area contributed by atoms with Crippen LogP contribution in [-0.4, -0.2) is 38.3 Å². The molecule has 0 radical (unpaired) electrons. The Morgan fingerprint density at radius 1 is 1.23 bits per heavy atom. The van der Waals surface area contributed by atoms with Gasteiger partial charge in [-0.15, -0.1) is 0 Å². The number of rotatable bonds is 3. The molecule has 0 atom stereocenters. The Hall–Kier alpha value is -2.44. The summed E-state index contributed by atoms with van der Waals surface area (Å²) in [7, 11) is 0. The first-order valence-electron chi connectivity index (χ1n) is 8.56. The Balaban J connectivity index is 1.52. The van der Waals surface area contributed by atoms with Crippen LogP contribution in [0.25, 0.3) is 10.9 Å². The molecule has 1 N–H and O–H groups in total. The maximum atomic E-state index is 12.7. The van der Waals surface area contributed by atoms with Crippen LogP contribution >= 0.6 is 11.6 Å². The van der Waals surface area contributed by atoms with E-state index in [4.69, 9.17) is 11.6 Å². The number of hydrogen-bond acceptors (Lipinski definition) is 5. The highest BCUT2D eigenvalue weighted by molar-refractivity contribution is 6.31. The molecule has 0 amide bonds. The summed E-state index contributed by atoms with van der Waals surface area (Å²) in [5, 5.41) is 12.0. The topological polar surface area (TPSA) is 71.2 Å². The summed E-state index contributed by atoms with van der Waals surface area (Å²) in [6.45, 7) is 1.67. The lowest BCUT2D eigenvalue weighted by Gasteiger charge is -2.39. The van der Waals surface area contributed by atoms with E-state index in [0.29, 0.717) is 41.9 Å². The van der Waals surface area contributed by atoms with Crippen LogP contribution in [-0.2, 0) is 6.54 Å². The number of nitrogens with zero attached hydrogens (tertiary/aromatic N) is 4. The van der Waals surface area contributed by atoms with E-state index in [1.165, 1.54) is 10.9 Å². The second kappa shape index (κ2) is 6.70. The molecule has 0 aliphatic carbocycles. The summed E-state index contributed by atoms with van der Waals surface area (Å²) in [6.07, 6.45) is 6.22. The molecular formula is C19H19ClN4O2. The summed E-state index contributed by atoms with van der Waals surface area (Å²) >= 11 is 5.95. The van der Waals surface area contributed by atoms with Crippen molar-refractivity contribution < 1.29 is 5.11 Å². The van der Waals surface area contributed by atoms with Crippen LogP contribution in [0.5, 0.6) is 0 Å². The quantitative estimate of drug-likeness (QED) is 0.767. The van der Waals surface area contributed by atoms with E-state index < -0.39 is 5.60 Å². The van der Waals surface area contributed by atoms with E-state index in [0.717, 1.165) is 5.69 Å². The lowest BCUT2D eigenvalue weighted by Crippen LogP contribution is -2.48. The molecule has 134 valence electrons. The first kappa shape index (κ1) is 17.0. The minimum Gasteiger partial charge on any atom is -0.388 e. The Morgan fingerprint density at radius 2 is 2.04 bits per heavy atom. The zero-order valence-electron chi connectivity index (χ0n) is 14.2. The molecular weight excluding hydrogens is 352 g/mol. The molecule has 0 bridgehead atoms. The molecule has 4 rings (SSSR count). The number of piperidine rings is 1. The standard InChI is InChI=1S/C19H19ClN4O2/c20-14-3-4-16-17(10-14)22-13-24(18(16)25)12-19(26)5-8-23(9-6-19)15-2-1-7-21-11-15/h1-4,7,10-11,13,26H,5-6,8-9,12H2. The molecule has 1 aliphatic heterocycles. The average molecular weight is 371 g/mol. The minimum atomic E-state index is -0.926. The first-order chi connectivity index (χ1) is 12.5. The molecule has 3 aromatic rings. The average Bonchev–Trinajstić information content (AvgIpc) is 2.65. The second-order valence-corrected chi connectivity index (χ2v) is 7.20. The molecule has 2 aromatic heterocycles. The highest BCUT2D eigenvalue weighted by atomic mass is 35.5. The van der Waals surface area contributed by atoms with Gasteiger partial charge in [0, 0.05) is 24.3 Å². The number of hydrogen-bond donors (Lipinski definition) is 1. The third-order valence-electron chi connectivity index (χ3n) is 4.96. The molecule has 1 aliphatic rings. The van der Waals surface area contributed by atoms with Crippen LogP contribution in [0, 0.1) is 0 Å². The van der Waals surface area contributed by atoms with Crippen LogP contribution in [0.1, 0.15) is 12.8 Å². The van der Waals surface area contributed by atoms with Crippen molar-refractivity contribution in [1.82, 2.24) is 14.5 Å². The summed E-state index contributed by atoms with van der Waals surface area (Å²) in [5.41, 5.74) is 0.535. The fourth-order valence-corrected chi connectivity index (χ4v) is 3.61. The summed E-state index contributed by atoms with van der Waals surface area (Å²) < 4.78 is 1.50. The number of anilines is 1. The van der Waals surface area contributed by atoms with E-state index in [9.17, 15) is 9.90 Å². The van der Waals surface area contributed by atoms with Crippen molar-refractivity contribution in [3.05, 3.63) is 64.4 Å². The largest absolute Gasteiger partial charge is 0.388 e. The Labute approximate surface area is 155 Å². The van der Waals surface area contributed by atoms with E-state index in [-0.39, 0.29) is 12.1 Å². The SMILES string of the molecule is O=c1c2ccc(Cl)cc2ncn1CC1(O)CCN(c2cccnc2)CC1. The predicted molar refractivity (Wildman–Crippen MR) is 102 cm³/mol. The number of pyridine rings is 1. The van der Waals surface area contributed by atoms with Crippen molar-refractivity contribution in [2.24, 2.45) is 0 Å². The number of aliphatic hydroxyl groups is 1. The van der Waals surface area contributed by atoms with Crippen LogP contribution in [0.3, 0.4) is 0 Å². The van der Waals surface area contributed by atoms with Gasteiger partial charge in [-0.05, 0) is 43.2 Å². The molecule has 3 heterocycles. The molecule has 6 nitrogen and oxygen atoms in total. The van der Waals surface area contributed by atoms with E-state index >= 15 is 0 Å².